The highest BCUT2D eigenvalue weighted by Gasteiger charge is 2.23. The van der Waals surface area contributed by atoms with Gasteiger partial charge in [0.2, 0.25) is 0 Å². The van der Waals surface area contributed by atoms with Crippen LogP contribution in [0.15, 0.2) is 6.07 Å². The van der Waals surface area contributed by atoms with Gasteiger partial charge in [0.05, 0.1) is 6.61 Å². The van der Waals surface area contributed by atoms with Crippen molar-refractivity contribution in [2.75, 3.05) is 13.2 Å². The lowest BCUT2D eigenvalue weighted by Gasteiger charge is -2.09. The van der Waals surface area contributed by atoms with Crippen LogP contribution < -0.4 is 4.74 Å². The van der Waals surface area contributed by atoms with E-state index in [-0.39, 0.29) is 6.61 Å². The van der Waals surface area contributed by atoms with E-state index in [1.807, 2.05) is 0 Å². The standard InChI is InChI=1S/C11H12F2O2/c12-9-6-10(13)8-3-5-15-11(8)7(9)2-1-4-14/h6,14H,1-5H2. The maximum atomic E-state index is 13.4. The average Bonchev–Trinajstić information content (AvgIpc) is 2.66. The Morgan fingerprint density at radius 2 is 2.13 bits per heavy atom. The molecule has 0 atom stereocenters. The maximum absolute atomic E-state index is 13.4. The summed E-state index contributed by atoms with van der Waals surface area (Å²) in [5.74, 6) is -0.768. The molecule has 82 valence electrons. The van der Waals surface area contributed by atoms with E-state index < -0.39 is 11.6 Å². The van der Waals surface area contributed by atoms with E-state index >= 15 is 0 Å². The van der Waals surface area contributed by atoms with E-state index in [1.165, 1.54) is 0 Å². The monoisotopic (exact) mass is 214 g/mol. The molecule has 0 aromatic heterocycles. The minimum atomic E-state index is -0.582. The summed E-state index contributed by atoms with van der Waals surface area (Å²) in [6.45, 7) is 0.396. The zero-order valence-corrected chi connectivity index (χ0v) is 8.22. The molecular formula is C11H12F2O2. The van der Waals surface area contributed by atoms with Gasteiger partial charge in [-0.15, -0.1) is 0 Å². The topological polar surface area (TPSA) is 29.5 Å². The molecule has 2 rings (SSSR count). The summed E-state index contributed by atoms with van der Waals surface area (Å²) in [5.41, 5.74) is 0.849. The second kappa shape index (κ2) is 4.14. The number of aliphatic hydroxyl groups excluding tert-OH is 1. The van der Waals surface area contributed by atoms with E-state index in [0.717, 1.165) is 6.07 Å². The quantitative estimate of drug-likeness (QED) is 0.831. The second-order valence-corrected chi connectivity index (χ2v) is 3.55. The van der Waals surface area contributed by atoms with Crippen LogP contribution in [0.2, 0.25) is 0 Å². The van der Waals surface area contributed by atoms with E-state index in [2.05, 4.69) is 0 Å². The van der Waals surface area contributed by atoms with Crippen LogP contribution in [-0.2, 0) is 12.8 Å². The Balaban J connectivity index is 2.40. The van der Waals surface area contributed by atoms with Crippen molar-refractivity contribution in [2.45, 2.75) is 19.3 Å². The third kappa shape index (κ3) is 1.81. The van der Waals surface area contributed by atoms with Crippen molar-refractivity contribution in [3.05, 3.63) is 28.8 Å². The lowest BCUT2D eigenvalue weighted by molar-refractivity contribution is 0.286. The summed E-state index contributed by atoms with van der Waals surface area (Å²) < 4.78 is 31.9. The van der Waals surface area contributed by atoms with Crippen LogP contribution in [0, 0.1) is 11.6 Å². The normalized spacial score (nSPS) is 13.8. The second-order valence-electron chi connectivity index (χ2n) is 3.55. The number of rotatable bonds is 3. The zero-order valence-electron chi connectivity index (χ0n) is 8.22. The molecule has 0 saturated carbocycles. The van der Waals surface area contributed by atoms with Crippen LogP contribution in [0.3, 0.4) is 0 Å². The Hall–Kier alpha value is -1.16. The fraction of sp³-hybridized carbons (Fsp3) is 0.455. The van der Waals surface area contributed by atoms with Crippen molar-refractivity contribution in [3.63, 3.8) is 0 Å². The molecule has 1 heterocycles. The molecule has 0 fully saturated rings. The molecule has 0 aliphatic carbocycles. The minimum absolute atomic E-state index is 0.00834. The first kappa shape index (κ1) is 10.4. The van der Waals surface area contributed by atoms with E-state index in [0.29, 0.717) is 42.7 Å². The van der Waals surface area contributed by atoms with Gasteiger partial charge in [0, 0.05) is 30.2 Å². The highest BCUT2D eigenvalue weighted by Crippen LogP contribution is 2.34. The fourth-order valence-electron chi connectivity index (χ4n) is 1.84. The first-order valence-corrected chi connectivity index (χ1v) is 4.97. The molecule has 15 heavy (non-hydrogen) atoms. The van der Waals surface area contributed by atoms with Gasteiger partial charge in [-0.05, 0) is 12.8 Å². The predicted octanol–water partition coefficient (Wildman–Crippen LogP) is 1.82. The Kier molecular flexibility index (Phi) is 2.86. The number of aliphatic hydroxyl groups is 1. The Morgan fingerprint density at radius 1 is 1.33 bits per heavy atom. The summed E-state index contributed by atoms with van der Waals surface area (Å²) in [6.07, 6.45) is 1.33. The van der Waals surface area contributed by atoms with Gasteiger partial charge in [-0.3, -0.25) is 0 Å². The molecule has 0 unspecified atom stereocenters. The molecule has 0 amide bonds. The van der Waals surface area contributed by atoms with E-state index in [1.54, 1.807) is 0 Å². The van der Waals surface area contributed by atoms with Gasteiger partial charge >= 0.3 is 0 Å². The molecule has 1 aliphatic rings. The van der Waals surface area contributed by atoms with Gasteiger partial charge in [0.15, 0.2) is 0 Å². The maximum Gasteiger partial charge on any atom is 0.133 e. The molecule has 1 aliphatic heterocycles. The van der Waals surface area contributed by atoms with E-state index in [4.69, 9.17) is 9.84 Å². The van der Waals surface area contributed by atoms with Crippen LogP contribution in [0.4, 0.5) is 8.78 Å². The summed E-state index contributed by atoms with van der Waals surface area (Å²) in [4.78, 5) is 0. The molecule has 4 heteroatoms. The lowest BCUT2D eigenvalue weighted by atomic mass is 10.0. The van der Waals surface area contributed by atoms with Crippen molar-refractivity contribution in [1.82, 2.24) is 0 Å². The zero-order chi connectivity index (χ0) is 10.8. The number of fused-ring (bicyclic) bond motifs is 1. The van der Waals surface area contributed by atoms with Crippen LogP contribution in [-0.4, -0.2) is 18.3 Å². The molecule has 0 spiro atoms. The summed E-state index contributed by atoms with van der Waals surface area (Å²) in [6, 6.07) is 0.903. The van der Waals surface area contributed by atoms with Gasteiger partial charge in [-0.25, -0.2) is 8.78 Å². The Labute approximate surface area is 86.5 Å². The largest absolute Gasteiger partial charge is 0.492 e. The third-order valence-electron chi connectivity index (χ3n) is 2.56. The molecule has 0 radical (unpaired) electrons. The average molecular weight is 214 g/mol. The molecule has 0 bridgehead atoms. The first-order chi connectivity index (χ1) is 7.24. The molecule has 0 saturated heterocycles. The number of ether oxygens (including phenoxy) is 1. The molecule has 1 N–H and O–H groups in total. The van der Waals surface area contributed by atoms with Crippen molar-refractivity contribution < 1.29 is 18.6 Å². The van der Waals surface area contributed by atoms with Crippen molar-refractivity contribution in [1.29, 1.82) is 0 Å². The minimum Gasteiger partial charge on any atom is -0.492 e. The number of halogens is 2. The van der Waals surface area contributed by atoms with Gasteiger partial charge in [0.25, 0.3) is 0 Å². The SMILES string of the molecule is OCCCc1c(F)cc(F)c2c1OCC2. The summed E-state index contributed by atoms with van der Waals surface area (Å²) in [7, 11) is 0. The van der Waals surface area contributed by atoms with Crippen LogP contribution in [0.5, 0.6) is 5.75 Å². The molecular weight excluding hydrogens is 202 g/mol. The molecule has 1 aromatic carbocycles. The highest BCUT2D eigenvalue weighted by molar-refractivity contribution is 5.45. The lowest BCUT2D eigenvalue weighted by Crippen LogP contribution is -1.99. The Morgan fingerprint density at radius 3 is 2.87 bits per heavy atom. The molecule has 2 nitrogen and oxygen atoms in total. The van der Waals surface area contributed by atoms with Gasteiger partial charge in [-0.1, -0.05) is 0 Å². The summed E-state index contributed by atoms with van der Waals surface area (Å²) >= 11 is 0. The van der Waals surface area contributed by atoms with Gasteiger partial charge < -0.3 is 9.84 Å². The Bertz CT molecular complexity index is 377. The van der Waals surface area contributed by atoms with Crippen LogP contribution >= 0.6 is 0 Å². The first-order valence-electron chi connectivity index (χ1n) is 4.97. The van der Waals surface area contributed by atoms with Crippen molar-refractivity contribution in [3.8, 4) is 5.75 Å². The van der Waals surface area contributed by atoms with Gasteiger partial charge in [-0.2, -0.15) is 0 Å². The predicted molar refractivity (Wildman–Crippen MR) is 51.0 cm³/mol. The van der Waals surface area contributed by atoms with Crippen molar-refractivity contribution in [2.24, 2.45) is 0 Å². The number of hydrogen-bond acceptors (Lipinski definition) is 2. The fourth-order valence-corrected chi connectivity index (χ4v) is 1.84. The third-order valence-corrected chi connectivity index (χ3v) is 2.56. The van der Waals surface area contributed by atoms with E-state index in [9.17, 15) is 8.78 Å². The number of hydrogen-bond donors (Lipinski definition) is 1. The van der Waals surface area contributed by atoms with Crippen molar-refractivity contribution >= 4 is 0 Å². The molecule has 1 aromatic rings. The number of benzene rings is 1. The van der Waals surface area contributed by atoms with Gasteiger partial charge in [0.1, 0.15) is 17.4 Å². The smallest absolute Gasteiger partial charge is 0.133 e. The summed E-state index contributed by atoms with van der Waals surface area (Å²) in [5, 5.41) is 8.68. The highest BCUT2D eigenvalue weighted by atomic mass is 19.1. The van der Waals surface area contributed by atoms with Crippen LogP contribution in [0.1, 0.15) is 17.5 Å². The van der Waals surface area contributed by atoms with Crippen LogP contribution in [0.25, 0.3) is 0 Å².